The lowest BCUT2D eigenvalue weighted by Gasteiger charge is -2.08. The van der Waals surface area contributed by atoms with E-state index in [-0.39, 0.29) is 11.6 Å². The van der Waals surface area contributed by atoms with E-state index < -0.39 is 4.92 Å². The van der Waals surface area contributed by atoms with E-state index in [1.165, 1.54) is 23.3 Å². The summed E-state index contributed by atoms with van der Waals surface area (Å²) in [4.78, 5) is 22.5. The van der Waals surface area contributed by atoms with Crippen LogP contribution in [0.2, 0.25) is 0 Å². The van der Waals surface area contributed by atoms with Gasteiger partial charge in [0.2, 0.25) is 0 Å². The SMILES string of the molecule is Cc1cc(C(=O)NCCc2ccc(C(C)C)cc2)ccc1[N+](=O)[O-]. The van der Waals surface area contributed by atoms with Gasteiger partial charge in [0, 0.05) is 23.7 Å². The molecule has 5 heteroatoms. The van der Waals surface area contributed by atoms with Crippen LogP contribution >= 0.6 is 0 Å². The van der Waals surface area contributed by atoms with Crippen molar-refractivity contribution in [2.45, 2.75) is 33.1 Å². The van der Waals surface area contributed by atoms with Crippen molar-refractivity contribution >= 4 is 11.6 Å². The number of benzene rings is 2. The molecule has 0 spiro atoms. The van der Waals surface area contributed by atoms with Gasteiger partial charge in [0.1, 0.15) is 0 Å². The van der Waals surface area contributed by atoms with Gasteiger partial charge < -0.3 is 5.32 Å². The standard InChI is InChI=1S/C19H22N2O3/c1-13(2)16-6-4-15(5-7-16)10-11-20-19(22)17-8-9-18(21(23)24)14(3)12-17/h4-9,12-13H,10-11H2,1-3H3,(H,20,22). The zero-order valence-electron chi connectivity index (χ0n) is 14.2. The average molecular weight is 326 g/mol. The van der Waals surface area contributed by atoms with Crippen LogP contribution in [0, 0.1) is 17.0 Å². The van der Waals surface area contributed by atoms with Crippen molar-refractivity contribution in [3.05, 3.63) is 74.8 Å². The molecule has 0 fully saturated rings. The van der Waals surface area contributed by atoms with E-state index >= 15 is 0 Å². The average Bonchev–Trinajstić information content (AvgIpc) is 2.54. The van der Waals surface area contributed by atoms with Crippen molar-refractivity contribution in [2.24, 2.45) is 0 Å². The third-order valence-electron chi connectivity index (χ3n) is 4.00. The molecule has 0 aromatic heterocycles. The molecule has 2 aromatic rings. The Hall–Kier alpha value is -2.69. The number of nitrogens with zero attached hydrogens (tertiary/aromatic N) is 1. The van der Waals surface area contributed by atoms with Gasteiger partial charge in [-0.15, -0.1) is 0 Å². The lowest BCUT2D eigenvalue weighted by atomic mass is 10.0. The molecule has 2 aromatic carbocycles. The number of aryl methyl sites for hydroxylation is 1. The smallest absolute Gasteiger partial charge is 0.272 e. The maximum absolute atomic E-state index is 12.1. The van der Waals surface area contributed by atoms with Crippen LogP contribution in [-0.4, -0.2) is 17.4 Å². The van der Waals surface area contributed by atoms with E-state index in [9.17, 15) is 14.9 Å². The Kier molecular flexibility index (Phi) is 5.68. The molecule has 1 N–H and O–H groups in total. The summed E-state index contributed by atoms with van der Waals surface area (Å²) in [6, 6.07) is 12.8. The quantitative estimate of drug-likeness (QED) is 0.644. The summed E-state index contributed by atoms with van der Waals surface area (Å²) in [5, 5.41) is 13.7. The normalized spacial score (nSPS) is 10.7. The second-order valence-corrected chi connectivity index (χ2v) is 6.16. The highest BCUT2D eigenvalue weighted by Crippen LogP contribution is 2.19. The first-order chi connectivity index (χ1) is 11.4. The number of nitrogens with one attached hydrogen (secondary N) is 1. The summed E-state index contributed by atoms with van der Waals surface area (Å²) in [5.41, 5.74) is 3.41. The molecule has 24 heavy (non-hydrogen) atoms. The summed E-state index contributed by atoms with van der Waals surface area (Å²) < 4.78 is 0. The Morgan fingerprint density at radius 1 is 1.17 bits per heavy atom. The lowest BCUT2D eigenvalue weighted by Crippen LogP contribution is -2.25. The minimum atomic E-state index is -0.447. The highest BCUT2D eigenvalue weighted by Gasteiger charge is 2.13. The number of hydrogen-bond acceptors (Lipinski definition) is 3. The largest absolute Gasteiger partial charge is 0.352 e. The molecule has 2 rings (SSSR count). The van der Waals surface area contributed by atoms with E-state index in [4.69, 9.17) is 0 Å². The van der Waals surface area contributed by atoms with Gasteiger partial charge in [-0.1, -0.05) is 38.1 Å². The zero-order chi connectivity index (χ0) is 17.7. The predicted octanol–water partition coefficient (Wildman–Crippen LogP) is 4.00. The Balaban J connectivity index is 1.91. The number of carbonyl (C=O) groups excluding carboxylic acids is 1. The predicted molar refractivity (Wildman–Crippen MR) is 94.4 cm³/mol. The summed E-state index contributed by atoms with van der Waals surface area (Å²) in [6.45, 7) is 6.46. The summed E-state index contributed by atoms with van der Waals surface area (Å²) in [6.07, 6.45) is 0.746. The summed E-state index contributed by atoms with van der Waals surface area (Å²) in [5.74, 6) is 0.288. The van der Waals surface area contributed by atoms with E-state index in [1.54, 1.807) is 13.0 Å². The monoisotopic (exact) mass is 326 g/mol. The fraction of sp³-hybridized carbons (Fsp3) is 0.316. The van der Waals surface area contributed by atoms with Crippen LogP contribution in [0.4, 0.5) is 5.69 Å². The van der Waals surface area contributed by atoms with Crippen LogP contribution in [-0.2, 0) is 6.42 Å². The highest BCUT2D eigenvalue weighted by atomic mass is 16.6. The fourth-order valence-electron chi connectivity index (χ4n) is 2.49. The van der Waals surface area contributed by atoms with Crippen LogP contribution in [0.5, 0.6) is 0 Å². The zero-order valence-corrected chi connectivity index (χ0v) is 14.2. The molecular weight excluding hydrogens is 304 g/mol. The van der Waals surface area contributed by atoms with Crippen molar-refractivity contribution in [1.82, 2.24) is 5.32 Å². The molecule has 126 valence electrons. The first kappa shape index (κ1) is 17.7. The summed E-state index contributed by atoms with van der Waals surface area (Å²) >= 11 is 0. The van der Waals surface area contributed by atoms with Crippen molar-refractivity contribution in [2.75, 3.05) is 6.54 Å². The number of nitro benzene ring substituents is 1. The molecule has 1 amide bonds. The van der Waals surface area contributed by atoms with Crippen LogP contribution in [0.1, 0.15) is 46.8 Å². The first-order valence-corrected chi connectivity index (χ1v) is 8.00. The molecule has 0 unspecified atom stereocenters. The van der Waals surface area contributed by atoms with Crippen molar-refractivity contribution in [3.63, 3.8) is 0 Å². The number of rotatable bonds is 6. The van der Waals surface area contributed by atoms with Gasteiger partial charge in [-0.25, -0.2) is 0 Å². The number of amides is 1. The number of carbonyl (C=O) groups is 1. The molecule has 0 aliphatic rings. The molecule has 0 saturated carbocycles. The van der Waals surface area contributed by atoms with Gasteiger partial charge in [-0.05, 0) is 42.5 Å². The fourth-order valence-corrected chi connectivity index (χ4v) is 2.49. The Morgan fingerprint density at radius 3 is 2.38 bits per heavy atom. The van der Waals surface area contributed by atoms with Crippen LogP contribution in [0.3, 0.4) is 0 Å². The van der Waals surface area contributed by atoms with Crippen molar-refractivity contribution in [3.8, 4) is 0 Å². The van der Waals surface area contributed by atoms with E-state index in [0.717, 1.165) is 6.42 Å². The molecule has 0 saturated heterocycles. The van der Waals surface area contributed by atoms with Crippen LogP contribution in [0.25, 0.3) is 0 Å². The first-order valence-electron chi connectivity index (χ1n) is 8.00. The lowest BCUT2D eigenvalue weighted by molar-refractivity contribution is -0.385. The van der Waals surface area contributed by atoms with Crippen molar-refractivity contribution in [1.29, 1.82) is 0 Å². The second kappa shape index (κ2) is 7.73. The maximum atomic E-state index is 12.1. The van der Waals surface area contributed by atoms with Gasteiger partial charge in [0.05, 0.1) is 4.92 Å². The Labute approximate surface area is 141 Å². The number of nitro groups is 1. The molecular formula is C19H22N2O3. The van der Waals surface area contributed by atoms with Crippen LogP contribution < -0.4 is 5.32 Å². The van der Waals surface area contributed by atoms with E-state index in [1.807, 2.05) is 0 Å². The minimum Gasteiger partial charge on any atom is -0.352 e. The van der Waals surface area contributed by atoms with Crippen LogP contribution in [0.15, 0.2) is 42.5 Å². The molecule has 5 nitrogen and oxygen atoms in total. The van der Waals surface area contributed by atoms with Gasteiger partial charge in [-0.3, -0.25) is 14.9 Å². The van der Waals surface area contributed by atoms with Crippen molar-refractivity contribution < 1.29 is 9.72 Å². The third kappa shape index (κ3) is 4.41. The third-order valence-corrected chi connectivity index (χ3v) is 4.00. The van der Waals surface area contributed by atoms with E-state index in [2.05, 4.69) is 43.4 Å². The molecule has 0 radical (unpaired) electrons. The molecule has 0 bridgehead atoms. The molecule has 0 heterocycles. The maximum Gasteiger partial charge on any atom is 0.272 e. The van der Waals surface area contributed by atoms with Gasteiger partial charge in [0.25, 0.3) is 11.6 Å². The highest BCUT2D eigenvalue weighted by molar-refractivity contribution is 5.94. The van der Waals surface area contributed by atoms with Gasteiger partial charge in [-0.2, -0.15) is 0 Å². The Morgan fingerprint density at radius 2 is 1.83 bits per heavy atom. The topological polar surface area (TPSA) is 72.2 Å². The minimum absolute atomic E-state index is 0.0248. The second-order valence-electron chi connectivity index (χ2n) is 6.16. The van der Waals surface area contributed by atoms with E-state index in [0.29, 0.717) is 23.6 Å². The van der Waals surface area contributed by atoms with Gasteiger partial charge >= 0.3 is 0 Å². The molecule has 0 atom stereocenters. The molecule has 0 aliphatic heterocycles. The molecule has 0 aliphatic carbocycles. The Bertz CT molecular complexity index is 737. The summed E-state index contributed by atoms with van der Waals surface area (Å²) in [7, 11) is 0. The van der Waals surface area contributed by atoms with Gasteiger partial charge in [0.15, 0.2) is 0 Å². The number of hydrogen-bond donors (Lipinski definition) is 1.